The lowest BCUT2D eigenvalue weighted by molar-refractivity contribution is 0.0730. The highest BCUT2D eigenvalue weighted by atomic mass is 35.5. The Labute approximate surface area is 201 Å². The Bertz CT molecular complexity index is 1130. The van der Waals surface area contributed by atoms with E-state index in [-0.39, 0.29) is 40.5 Å². The second-order valence-corrected chi connectivity index (χ2v) is 10.8. The number of nitrogens with zero attached hydrogens (tertiary/aromatic N) is 1. The van der Waals surface area contributed by atoms with Gasteiger partial charge in [-0.3, -0.25) is 4.79 Å². The molecule has 2 aromatic rings. The highest BCUT2D eigenvalue weighted by Crippen LogP contribution is 2.32. The number of aryl methyl sites for hydroxylation is 1. The van der Waals surface area contributed by atoms with Crippen LogP contribution in [0.3, 0.4) is 0 Å². The largest absolute Gasteiger partial charge is 0.496 e. The summed E-state index contributed by atoms with van der Waals surface area (Å²) >= 11 is 6.29. The molecule has 1 N–H and O–H groups in total. The van der Waals surface area contributed by atoms with Gasteiger partial charge in [-0.2, -0.15) is 4.31 Å². The van der Waals surface area contributed by atoms with Crippen LogP contribution in [-0.2, 0) is 14.8 Å². The summed E-state index contributed by atoms with van der Waals surface area (Å²) in [7, 11) is -2.10. The lowest BCUT2D eigenvalue weighted by atomic mass is 9.93. The molecule has 0 unspecified atom stereocenters. The third-order valence-electron chi connectivity index (χ3n) is 5.84. The Morgan fingerprint density at radius 2 is 1.79 bits per heavy atom. The van der Waals surface area contributed by atoms with E-state index in [0.29, 0.717) is 13.2 Å². The first-order valence-corrected chi connectivity index (χ1v) is 12.7. The lowest BCUT2D eigenvalue weighted by Gasteiger charge is -2.26. The molecule has 0 aliphatic carbocycles. The van der Waals surface area contributed by atoms with Gasteiger partial charge in [-0.15, -0.1) is 0 Å². The molecular weight excluding hydrogens is 464 g/mol. The number of benzene rings is 2. The van der Waals surface area contributed by atoms with E-state index in [1.165, 1.54) is 22.5 Å². The SMILES string of the molecule is COc1cc(C)c([C@@H](C)NC(=O)c2cc(S(=O)(=O)N3CCOCC3)ccc2Cl)cc1C(C)C. The van der Waals surface area contributed by atoms with Gasteiger partial charge < -0.3 is 14.8 Å². The summed E-state index contributed by atoms with van der Waals surface area (Å²) in [5.41, 5.74) is 3.11. The number of nitrogens with one attached hydrogen (secondary N) is 1. The summed E-state index contributed by atoms with van der Waals surface area (Å²) in [5.74, 6) is 0.625. The van der Waals surface area contributed by atoms with Gasteiger partial charge in [0.25, 0.3) is 5.91 Å². The van der Waals surface area contributed by atoms with Crippen molar-refractivity contribution in [1.29, 1.82) is 0 Å². The standard InChI is InChI=1S/C24H31ClN2O5S/c1-15(2)19-14-20(16(3)12-23(19)31-5)17(4)26-24(28)21-13-18(6-7-22(21)25)33(29,30)27-8-10-32-11-9-27/h6-7,12-15,17H,8-11H2,1-5H3,(H,26,28)/t17-/m1/s1. The van der Waals surface area contributed by atoms with Gasteiger partial charge in [-0.25, -0.2) is 8.42 Å². The van der Waals surface area contributed by atoms with Crippen LogP contribution >= 0.6 is 11.6 Å². The maximum Gasteiger partial charge on any atom is 0.253 e. The first-order valence-electron chi connectivity index (χ1n) is 10.9. The summed E-state index contributed by atoms with van der Waals surface area (Å²) in [5, 5.41) is 3.15. The minimum atomic E-state index is -3.74. The molecule has 1 heterocycles. The van der Waals surface area contributed by atoms with Gasteiger partial charge in [0, 0.05) is 13.1 Å². The van der Waals surface area contributed by atoms with Crippen molar-refractivity contribution in [3.63, 3.8) is 0 Å². The van der Waals surface area contributed by atoms with Crippen LogP contribution in [0.4, 0.5) is 0 Å². The van der Waals surface area contributed by atoms with Gasteiger partial charge in [0.05, 0.1) is 41.8 Å². The second-order valence-electron chi connectivity index (χ2n) is 8.46. The van der Waals surface area contributed by atoms with Crippen LogP contribution in [0.25, 0.3) is 0 Å². The quantitative estimate of drug-likeness (QED) is 0.620. The number of morpholine rings is 1. The molecule has 1 atom stereocenters. The molecular formula is C24H31ClN2O5S. The molecule has 0 aromatic heterocycles. The predicted octanol–water partition coefficient (Wildman–Crippen LogP) is 4.29. The van der Waals surface area contributed by atoms with Gasteiger partial charge in [0.15, 0.2) is 0 Å². The number of halogens is 1. The highest BCUT2D eigenvalue weighted by Gasteiger charge is 2.28. The zero-order valence-corrected chi connectivity index (χ0v) is 21.2. The third kappa shape index (κ3) is 5.51. The number of carbonyl (C=O) groups excluding carboxylic acids is 1. The summed E-state index contributed by atoms with van der Waals surface area (Å²) in [6.07, 6.45) is 0. The van der Waals surface area contributed by atoms with E-state index in [1.807, 2.05) is 26.0 Å². The van der Waals surface area contributed by atoms with E-state index in [1.54, 1.807) is 7.11 Å². The molecule has 0 bridgehead atoms. The van der Waals surface area contributed by atoms with Crippen LogP contribution in [0.1, 0.15) is 59.8 Å². The molecule has 0 saturated carbocycles. The van der Waals surface area contributed by atoms with Gasteiger partial charge in [-0.1, -0.05) is 25.4 Å². The van der Waals surface area contributed by atoms with E-state index in [4.69, 9.17) is 21.1 Å². The first kappa shape index (κ1) is 25.5. The zero-order valence-electron chi connectivity index (χ0n) is 19.6. The number of sulfonamides is 1. The Kier molecular flexibility index (Phi) is 8.05. The predicted molar refractivity (Wildman–Crippen MR) is 129 cm³/mol. The summed E-state index contributed by atoms with van der Waals surface area (Å²) in [6.45, 7) is 9.26. The van der Waals surface area contributed by atoms with Crippen molar-refractivity contribution >= 4 is 27.5 Å². The molecule has 33 heavy (non-hydrogen) atoms. The average molecular weight is 495 g/mol. The molecule has 7 nitrogen and oxygen atoms in total. The molecule has 2 aromatic carbocycles. The number of carbonyl (C=O) groups is 1. The number of methoxy groups -OCH3 is 1. The van der Waals surface area contributed by atoms with Crippen molar-refractivity contribution in [2.75, 3.05) is 33.4 Å². The highest BCUT2D eigenvalue weighted by molar-refractivity contribution is 7.89. The van der Waals surface area contributed by atoms with E-state index < -0.39 is 15.9 Å². The number of ether oxygens (including phenoxy) is 2. The van der Waals surface area contributed by atoms with Crippen LogP contribution in [0, 0.1) is 6.92 Å². The summed E-state index contributed by atoms with van der Waals surface area (Å²) < 4.78 is 38.1. The lowest BCUT2D eigenvalue weighted by Crippen LogP contribution is -2.40. The molecule has 1 amide bonds. The first-order chi connectivity index (χ1) is 15.6. The van der Waals surface area contributed by atoms with Crippen molar-refractivity contribution < 1.29 is 22.7 Å². The van der Waals surface area contributed by atoms with Crippen molar-refractivity contribution in [1.82, 2.24) is 9.62 Å². The molecule has 180 valence electrons. The number of amides is 1. The molecule has 1 fully saturated rings. The monoisotopic (exact) mass is 494 g/mol. The van der Waals surface area contributed by atoms with Crippen molar-refractivity contribution in [2.45, 2.75) is 44.6 Å². The van der Waals surface area contributed by atoms with E-state index in [0.717, 1.165) is 22.4 Å². The number of hydrogen-bond donors (Lipinski definition) is 1. The maximum absolute atomic E-state index is 13.1. The fraction of sp³-hybridized carbons (Fsp3) is 0.458. The second kappa shape index (κ2) is 10.4. The minimum absolute atomic E-state index is 0.0364. The molecule has 1 saturated heterocycles. The molecule has 0 spiro atoms. The molecule has 9 heteroatoms. The van der Waals surface area contributed by atoms with E-state index >= 15 is 0 Å². The van der Waals surface area contributed by atoms with Crippen LogP contribution in [0.15, 0.2) is 35.2 Å². The Hall–Kier alpha value is -2.13. The summed E-state index contributed by atoms with van der Waals surface area (Å²) in [6, 6.07) is 7.91. The molecule has 0 radical (unpaired) electrons. The number of hydrogen-bond acceptors (Lipinski definition) is 5. The van der Waals surface area contributed by atoms with Crippen molar-refractivity contribution in [2.24, 2.45) is 0 Å². The van der Waals surface area contributed by atoms with Crippen molar-refractivity contribution in [3.05, 3.63) is 57.6 Å². The van der Waals surface area contributed by atoms with E-state index in [9.17, 15) is 13.2 Å². The summed E-state index contributed by atoms with van der Waals surface area (Å²) in [4.78, 5) is 13.1. The Morgan fingerprint density at radius 3 is 2.39 bits per heavy atom. The zero-order chi connectivity index (χ0) is 24.3. The smallest absolute Gasteiger partial charge is 0.253 e. The van der Waals surface area contributed by atoms with Crippen LogP contribution in [0.2, 0.25) is 5.02 Å². The van der Waals surface area contributed by atoms with Gasteiger partial charge in [0.2, 0.25) is 10.0 Å². The Morgan fingerprint density at radius 1 is 1.12 bits per heavy atom. The number of rotatable bonds is 7. The fourth-order valence-electron chi connectivity index (χ4n) is 3.94. The van der Waals surface area contributed by atoms with Crippen LogP contribution in [0.5, 0.6) is 5.75 Å². The molecule has 3 rings (SSSR count). The van der Waals surface area contributed by atoms with Gasteiger partial charge in [-0.05, 0) is 66.8 Å². The van der Waals surface area contributed by atoms with Crippen molar-refractivity contribution in [3.8, 4) is 5.75 Å². The van der Waals surface area contributed by atoms with E-state index in [2.05, 4.69) is 19.2 Å². The average Bonchev–Trinajstić information content (AvgIpc) is 2.79. The molecule has 1 aliphatic rings. The topological polar surface area (TPSA) is 84.9 Å². The van der Waals surface area contributed by atoms with Crippen LogP contribution in [-0.4, -0.2) is 52.0 Å². The maximum atomic E-state index is 13.1. The minimum Gasteiger partial charge on any atom is -0.496 e. The molecule has 1 aliphatic heterocycles. The van der Waals surface area contributed by atoms with Gasteiger partial charge in [0.1, 0.15) is 5.75 Å². The third-order valence-corrected chi connectivity index (χ3v) is 8.07. The van der Waals surface area contributed by atoms with Crippen LogP contribution < -0.4 is 10.1 Å². The van der Waals surface area contributed by atoms with Gasteiger partial charge >= 0.3 is 0 Å². The fourth-order valence-corrected chi connectivity index (χ4v) is 5.58. The normalized spacial score (nSPS) is 16.0. The Balaban J connectivity index is 1.87.